The zero-order chi connectivity index (χ0) is 17.4. The van der Waals surface area contributed by atoms with Gasteiger partial charge in [-0.15, -0.1) is 0 Å². The van der Waals surface area contributed by atoms with Gasteiger partial charge in [0, 0.05) is 10.7 Å². The van der Waals surface area contributed by atoms with Gasteiger partial charge in [-0.2, -0.15) is 5.10 Å². The second-order valence-corrected chi connectivity index (χ2v) is 6.96. The Morgan fingerprint density at radius 3 is 2.71 bits per heavy atom. The number of hydrogen-bond acceptors (Lipinski definition) is 3. The lowest BCUT2D eigenvalue weighted by Crippen LogP contribution is -2.24. The molecule has 2 aromatic carbocycles. The SMILES string of the molecule is Cc1cc(Br)cc(Br)c1OCC(=O)NN=CCCc1ccccc1. The number of aryl methyl sites for hydroxylation is 2. The van der Waals surface area contributed by atoms with E-state index in [2.05, 4.69) is 54.5 Å². The van der Waals surface area contributed by atoms with Crippen LogP contribution < -0.4 is 10.2 Å². The van der Waals surface area contributed by atoms with Crippen molar-refractivity contribution in [2.45, 2.75) is 19.8 Å². The monoisotopic (exact) mass is 452 g/mol. The number of nitrogens with one attached hydrogen (secondary N) is 1. The predicted molar refractivity (Wildman–Crippen MR) is 103 cm³/mol. The van der Waals surface area contributed by atoms with Crippen LogP contribution in [0.5, 0.6) is 5.75 Å². The van der Waals surface area contributed by atoms with Crippen molar-refractivity contribution >= 4 is 44.0 Å². The van der Waals surface area contributed by atoms with E-state index in [-0.39, 0.29) is 12.5 Å². The fourth-order valence-electron chi connectivity index (χ4n) is 2.10. The van der Waals surface area contributed by atoms with Gasteiger partial charge in [0.05, 0.1) is 4.47 Å². The number of ether oxygens (including phenoxy) is 1. The van der Waals surface area contributed by atoms with Gasteiger partial charge in [0.1, 0.15) is 5.75 Å². The Labute approximate surface area is 158 Å². The molecule has 0 spiro atoms. The molecule has 2 aromatic rings. The summed E-state index contributed by atoms with van der Waals surface area (Å²) in [4.78, 5) is 11.8. The van der Waals surface area contributed by atoms with E-state index >= 15 is 0 Å². The van der Waals surface area contributed by atoms with Crippen molar-refractivity contribution < 1.29 is 9.53 Å². The first kappa shape index (κ1) is 18.7. The van der Waals surface area contributed by atoms with E-state index in [9.17, 15) is 4.79 Å². The van der Waals surface area contributed by atoms with E-state index in [4.69, 9.17) is 4.74 Å². The highest BCUT2D eigenvalue weighted by Gasteiger charge is 2.09. The first-order valence-corrected chi connectivity index (χ1v) is 9.07. The van der Waals surface area contributed by atoms with Crippen molar-refractivity contribution in [3.63, 3.8) is 0 Å². The lowest BCUT2D eigenvalue weighted by molar-refractivity contribution is -0.123. The first-order valence-electron chi connectivity index (χ1n) is 7.49. The molecule has 2 rings (SSSR count). The summed E-state index contributed by atoms with van der Waals surface area (Å²) in [5.74, 6) is 0.363. The molecule has 0 aliphatic heterocycles. The molecule has 0 atom stereocenters. The Morgan fingerprint density at radius 2 is 2.00 bits per heavy atom. The molecule has 0 radical (unpaired) electrons. The predicted octanol–water partition coefficient (Wildman–Crippen LogP) is 4.63. The maximum Gasteiger partial charge on any atom is 0.277 e. The third-order valence-electron chi connectivity index (χ3n) is 3.23. The summed E-state index contributed by atoms with van der Waals surface area (Å²) in [6, 6.07) is 13.9. The van der Waals surface area contributed by atoms with Gasteiger partial charge in [-0.05, 0) is 59.0 Å². The number of amides is 1. The van der Waals surface area contributed by atoms with Gasteiger partial charge in [-0.25, -0.2) is 5.43 Å². The Morgan fingerprint density at radius 1 is 1.25 bits per heavy atom. The van der Waals surface area contributed by atoms with Gasteiger partial charge < -0.3 is 4.74 Å². The van der Waals surface area contributed by atoms with Gasteiger partial charge in [0.25, 0.3) is 5.91 Å². The smallest absolute Gasteiger partial charge is 0.277 e. The first-order chi connectivity index (χ1) is 11.6. The molecule has 0 aliphatic carbocycles. The van der Waals surface area contributed by atoms with E-state index in [0.29, 0.717) is 5.75 Å². The Hall–Kier alpha value is -1.66. The number of carbonyl (C=O) groups is 1. The molecule has 6 heteroatoms. The second kappa shape index (κ2) is 9.59. The minimum Gasteiger partial charge on any atom is -0.482 e. The molecule has 0 saturated heterocycles. The summed E-state index contributed by atoms with van der Waals surface area (Å²) in [7, 11) is 0. The third-order valence-corrected chi connectivity index (χ3v) is 4.27. The summed E-state index contributed by atoms with van der Waals surface area (Å²) in [5.41, 5.74) is 4.66. The number of rotatable bonds is 7. The minimum absolute atomic E-state index is 0.0862. The van der Waals surface area contributed by atoms with Crippen LogP contribution in [0.25, 0.3) is 0 Å². The van der Waals surface area contributed by atoms with Crippen LogP contribution >= 0.6 is 31.9 Å². The van der Waals surface area contributed by atoms with Crippen LogP contribution in [0.15, 0.2) is 56.5 Å². The summed E-state index contributed by atoms with van der Waals surface area (Å²) in [6.45, 7) is 1.83. The molecule has 126 valence electrons. The maximum absolute atomic E-state index is 11.8. The van der Waals surface area contributed by atoms with E-state index in [1.807, 2.05) is 37.3 Å². The molecule has 0 saturated carbocycles. The van der Waals surface area contributed by atoms with Gasteiger partial charge >= 0.3 is 0 Å². The number of nitrogens with zero attached hydrogens (tertiary/aromatic N) is 1. The number of hydrazone groups is 1. The fourth-order valence-corrected chi connectivity index (χ4v) is 3.65. The number of halogens is 2. The Bertz CT molecular complexity index is 695. The third kappa shape index (κ3) is 6.09. The van der Waals surface area contributed by atoms with Crippen molar-refractivity contribution in [3.05, 3.63) is 62.5 Å². The highest BCUT2D eigenvalue weighted by atomic mass is 79.9. The summed E-state index contributed by atoms with van der Waals surface area (Å²) < 4.78 is 7.31. The van der Waals surface area contributed by atoms with Crippen molar-refractivity contribution in [1.29, 1.82) is 0 Å². The van der Waals surface area contributed by atoms with Crippen LogP contribution in [0.2, 0.25) is 0 Å². The van der Waals surface area contributed by atoms with Crippen molar-refractivity contribution in [3.8, 4) is 5.75 Å². The van der Waals surface area contributed by atoms with Crippen LogP contribution in [-0.4, -0.2) is 18.7 Å². The van der Waals surface area contributed by atoms with E-state index in [0.717, 1.165) is 27.4 Å². The average Bonchev–Trinajstić information content (AvgIpc) is 2.54. The van der Waals surface area contributed by atoms with E-state index < -0.39 is 0 Å². The normalized spacial score (nSPS) is 10.8. The molecule has 0 aliphatic rings. The maximum atomic E-state index is 11.8. The molecule has 0 fully saturated rings. The average molecular weight is 454 g/mol. The van der Waals surface area contributed by atoms with Gasteiger partial charge in [-0.3, -0.25) is 4.79 Å². The highest BCUT2D eigenvalue weighted by Crippen LogP contribution is 2.32. The molecule has 4 nitrogen and oxygen atoms in total. The largest absolute Gasteiger partial charge is 0.482 e. The van der Waals surface area contributed by atoms with Gasteiger partial charge in [0.2, 0.25) is 0 Å². The molecule has 0 heterocycles. The van der Waals surface area contributed by atoms with Crippen LogP contribution in [0.1, 0.15) is 17.5 Å². The van der Waals surface area contributed by atoms with Crippen LogP contribution in [0, 0.1) is 6.92 Å². The molecule has 1 amide bonds. The number of hydrogen-bond donors (Lipinski definition) is 1. The van der Waals surface area contributed by atoms with Crippen LogP contribution in [0.4, 0.5) is 0 Å². The molecule has 1 N–H and O–H groups in total. The van der Waals surface area contributed by atoms with Crippen molar-refractivity contribution in [2.75, 3.05) is 6.61 Å². The molecule has 0 bridgehead atoms. The molecular weight excluding hydrogens is 436 g/mol. The van der Waals surface area contributed by atoms with Crippen LogP contribution in [0.3, 0.4) is 0 Å². The minimum atomic E-state index is -0.292. The van der Waals surface area contributed by atoms with Crippen molar-refractivity contribution in [1.82, 2.24) is 5.43 Å². The Kier molecular flexibility index (Phi) is 7.46. The zero-order valence-electron chi connectivity index (χ0n) is 13.3. The topological polar surface area (TPSA) is 50.7 Å². The van der Waals surface area contributed by atoms with Crippen LogP contribution in [-0.2, 0) is 11.2 Å². The molecule has 0 aromatic heterocycles. The summed E-state index contributed by atoms with van der Waals surface area (Å²) >= 11 is 6.84. The van der Waals surface area contributed by atoms with Gasteiger partial charge in [-0.1, -0.05) is 46.3 Å². The van der Waals surface area contributed by atoms with Crippen molar-refractivity contribution in [2.24, 2.45) is 5.10 Å². The molecule has 24 heavy (non-hydrogen) atoms. The highest BCUT2D eigenvalue weighted by molar-refractivity contribution is 9.11. The summed E-state index contributed by atoms with van der Waals surface area (Å²) in [6.07, 6.45) is 3.36. The molecular formula is C18H18Br2N2O2. The van der Waals surface area contributed by atoms with E-state index in [1.54, 1.807) is 6.21 Å². The quantitative estimate of drug-likeness (QED) is 0.490. The fraction of sp³-hybridized carbons (Fsp3) is 0.222. The van der Waals surface area contributed by atoms with Gasteiger partial charge in [0.15, 0.2) is 6.61 Å². The molecule has 0 unspecified atom stereocenters. The van der Waals surface area contributed by atoms with E-state index in [1.165, 1.54) is 5.56 Å². The zero-order valence-corrected chi connectivity index (χ0v) is 16.4. The number of carbonyl (C=O) groups excluding carboxylic acids is 1. The number of benzene rings is 2. The lowest BCUT2D eigenvalue weighted by atomic mass is 10.1. The standard InChI is InChI=1S/C18H18Br2N2O2/c1-13-10-15(19)11-16(20)18(13)24-12-17(23)22-21-9-5-8-14-6-3-2-4-7-14/h2-4,6-7,9-11H,5,8,12H2,1H3,(H,22,23). The summed E-state index contributed by atoms with van der Waals surface area (Å²) in [5, 5.41) is 3.93. The lowest BCUT2D eigenvalue weighted by Gasteiger charge is -2.10. The second-order valence-electron chi connectivity index (χ2n) is 5.19. The Balaban J connectivity index is 1.73.